The van der Waals surface area contributed by atoms with Crippen LogP contribution in [-0.4, -0.2) is 99.8 Å². The summed E-state index contributed by atoms with van der Waals surface area (Å²) < 4.78 is 0. The van der Waals surface area contributed by atoms with Crippen molar-refractivity contribution in [3.05, 3.63) is 16.6 Å². The summed E-state index contributed by atoms with van der Waals surface area (Å²) in [5.41, 5.74) is 1.19. The fraction of sp³-hybridized carbons (Fsp3) is 0.794. The molecule has 6 rings (SSSR count). The van der Waals surface area contributed by atoms with Crippen LogP contribution in [0.25, 0.3) is 0 Å². The molecule has 1 spiro atoms. The van der Waals surface area contributed by atoms with Gasteiger partial charge in [-0.3, -0.25) is 24.2 Å². The zero-order valence-electron chi connectivity index (χ0n) is 27.6. The molecule has 252 valence electrons. The Morgan fingerprint density at radius 2 is 1.62 bits per heavy atom. The van der Waals surface area contributed by atoms with Crippen molar-refractivity contribution in [1.29, 1.82) is 0 Å². The first kappa shape index (κ1) is 33.8. The van der Waals surface area contributed by atoms with E-state index in [-0.39, 0.29) is 49.0 Å². The highest BCUT2D eigenvalue weighted by Gasteiger charge is 2.62. The first-order valence-electron chi connectivity index (χ1n) is 17.2. The van der Waals surface area contributed by atoms with Crippen LogP contribution in [0.3, 0.4) is 0 Å². The number of aromatic nitrogens is 1. The lowest BCUT2D eigenvalue weighted by molar-refractivity contribution is -0.152. The molecule has 0 aromatic carbocycles. The number of likely N-dealkylation sites (tertiary alicyclic amines) is 3. The Labute approximate surface area is 273 Å². The maximum Gasteiger partial charge on any atom is 0.265 e. The number of thiazole rings is 1. The molecule has 0 bridgehead atoms. The van der Waals surface area contributed by atoms with Gasteiger partial charge in [-0.25, -0.2) is 0 Å². The molecule has 1 unspecified atom stereocenters. The fourth-order valence-electron chi connectivity index (χ4n) is 7.82. The van der Waals surface area contributed by atoms with Crippen LogP contribution in [0.5, 0.6) is 0 Å². The molecular formula is C34H55N5O5S. The van der Waals surface area contributed by atoms with Crippen LogP contribution >= 0.6 is 11.3 Å². The van der Waals surface area contributed by atoms with Crippen molar-refractivity contribution in [2.24, 2.45) is 28.6 Å². The molecule has 5 fully saturated rings. The molecule has 4 amide bonds. The molecule has 5 aliphatic rings. The van der Waals surface area contributed by atoms with Crippen molar-refractivity contribution >= 4 is 35.0 Å². The Morgan fingerprint density at radius 3 is 2.16 bits per heavy atom. The van der Waals surface area contributed by atoms with Crippen molar-refractivity contribution in [3.8, 4) is 0 Å². The van der Waals surface area contributed by atoms with Gasteiger partial charge < -0.3 is 25.1 Å². The number of aliphatic hydroxyl groups excluding tert-OH is 1. The lowest BCUT2D eigenvalue weighted by Gasteiger charge is -2.50. The monoisotopic (exact) mass is 645 g/mol. The van der Waals surface area contributed by atoms with Crippen LogP contribution in [0.1, 0.15) is 103 Å². The molecule has 0 radical (unpaired) electrons. The average molecular weight is 646 g/mol. The molecule has 11 heteroatoms. The normalized spacial score (nSPS) is 26.7. The number of nitrogens with one attached hydrogen (secondary N) is 1. The third-order valence-corrected chi connectivity index (χ3v) is 11.8. The number of hydrogen-bond acceptors (Lipinski definition) is 7. The Morgan fingerprint density at radius 1 is 1.00 bits per heavy atom. The molecular weight excluding hydrogens is 590 g/mol. The van der Waals surface area contributed by atoms with E-state index in [1.807, 2.05) is 23.6 Å². The number of carbonyl (C=O) groups excluding carboxylic acids is 4. The maximum absolute atomic E-state index is 13.7. The first-order chi connectivity index (χ1) is 21.5. The second-order valence-electron chi connectivity index (χ2n) is 14.9. The summed E-state index contributed by atoms with van der Waals surface area (Å²) in [6, 6.07) is -0.566. The number of hydrogen-bond donors (Lipinski definition) is 2. The zero-order chi connectivity index (χ0) is 32.4. The van der Waals surface area contributed by atoms with Gasteiger partial charge in [-0.2, -0.15) is 0 Å². The van der Waals surface area contributed by atoms with Crippen molar-refractivity contribution in [2.45, 2.75) is 104 Å². The Balaban J connectivity index is 0.000000416. The van der Waals surface area contributed by atoms with E-state index in [0.717, 1.165) is 38.8 Å². The van der Waals surface area contributed by atoms with Crippen LogP contribution in [0.2, 0.25) is 0 Å². The van der Waals surface area contributed by atoms with Crippen molar-refractivity contribution in [3.63, 3.8) is 0 Å². The van der Waals surface area contributed by atoms with Gasteiger partial charge in [-0.1, -0.05) is 40.0 Å². The van der Waals surface area contributed by atoms with Crippen LogP contribution in [0.15, 0.2) is 11.7 Å². The van der Waals surface area contributed by atoms with Crippen LogP contribution in [0.4, 0.5) is 0 Å². The first-order valence-corrected chi connectivity index (χ1v) is 18.1. The molecule has 1 aromatic heterocycles. The summed E-state index contributed by atoms with van der Waals surface area (Å²) in [7, 11) is 0. The predicted octanol–water partition coefficient (Wildman–Crippen LogP) is 4.19. The summed E-state index contributed by atoms with van der Waals surface area (Å²) in [6.45, 7) is 11.2. The number of carbonyl (C=O) groups is 4. The van der Waals surface area contributed by atoms with Crippen LogP contribution < -0.4 is 5.32 Å². The van der Waals surface area contributed by atoms with Gasteiger partial charge in [0.25, 0.3) is 5.91 Å². The Kier molecular flexibility index (Phi) is 10.6. The summed E-state index contributed by atoms with van der Waals surface area (Å²) in [5.74, 6) is 0.0142. The Bertz CT molecular complexity index is 1210. The van der Waals surface area contributed by atoms with Crippen molar-refractivity contribution in [1.82, 2.24) is 25.0 Å². The Hall–Kier alpha value is -2.53. The molecule has 2 aliphatic carbocycles. The number of nitrogens with zero attached hydrogens (tertiary/aromatic N) is 4. The molecule has 3 saturated heterocycles. The number of amides is 4. The summed E-state index contributed by atoms with van der Waals surface area (Å²) >= 11 is 1.29. The number of rotatable bonds is 7. The van der Waals surface area contributed by atoms with Crippen LogP contribution in [0, 0.1) is 28.6 Å². The molecule has 2 N–H and O–H groups in total. The summed E-state index contributed by atoms with van der Waals surface area (Å²) in [4.78, 5) is 62.9. The molecule has 2 saturated carbocycles. The van der Waals surface area contributed by atoms with Crippen molar-refractivity contribution < 1.29 is 25.7 Å². The smallest absolute Gasteiger partial charge is 0.265 e. The number of aliphatic hydroxyl groups is 1. The van der Waals surface area contributed by atoms with E-state index in [0.29, 0.717) is 36.9 Å². The van der Waals surface area contributed by atoms with E-state index in [9.17, 15) is 24.3 Å². The van der Waals surface area contributed by atoms with E-state index in [2.05, 4.69) is 24.1 Å². The van der Waals surface area contributed by atoms with Crippen LogP contribution in [-0.2, 0) is 14.4 Å². The van der Waals surface area contributed by atoms with Gasteiger partial charge in [0.1, 0.15) is 10.9 Å². The third-order valence-electron chi connectivity index (χ3n) is 11.1. The van der Waals surface area contributed by atoms with E-state index < -0.39 is 17.4 Å². The van der Waals surface area contributed by atoms with E-state index >= 15 is 0 Å². The van der Waals surface area contributed by atoms with E-state index in [4.69, 9.17) is 0 Å². The van der Waals surface area contributed by atoms with Gasteiger partial charge >= 0.3 is 0 Å². The lowest BCUT2D eigenvalue weighted by Crippen LogP contribution is -2.65. The highest BCUT2D eigenvalue weighted by molar-refractivity contribution is 7.11. The highest BCUT2D eigenvalue weighted by atomic mass is 32.1. The highest BCUT2D eigenvalue weighted by Crippen LogP contribution is 2.54. The molecule has 3 aliphatic heterocycles. The molecule has 4 heterocycles. The second-order valence-corrected chi connectivity index (χ2v) is 15.8. The standard InChI is InChI=1S/C26H37N5O4S.C8H16O.H2/c1-4-19(23(34)29-8-6-5-7-9-29)28-21(32)18-12-30(24(35)20-11-27-16-36-20)13-26(18)14-31(15-26)22(33)17-10-25(17,2)3;1-7(9)8-5-3-2-4-6-8;/h11,16-19H,4-10,12-15H2,1-3H3,(H,28,32);7-9H,2-6H2,1H3;1H/t17-,18+,19+;;/m1../s1. The number of piperidine rings is 1. The second kappa shape index (κ2) is 14.1. The predicted molar refractivity (Wildman–Crippen MR) is 175 cm³/mol. The minimum absolute atomic E-state index is 0. The van der Waals surface area contributed by atoms with Gasteiger partial charge in [-0.05, 0) is 63.2 Å². The van der Waals surface area contributed by atoms with Gasteiger partial charge in [0.2, 0.25) is 17.7 Å². The largest absolute Gasteiger partial charge is 0.393 e. The van der Waals surface area contributed by atoms with E-state index in [1.165, 1.54) is 43.4 Å². The van der Waals surface area contributed by atoms with Gasteiger partial charge in [0.05, 0.1) is 23.7 Å². The third kappa shape index (κ3) is 7.56. The SMILES string of the molecule is CC(O)C1CCCCC1.CC[C@H](NC(=O)[C@@H]1CN(C(=O)c2cncs2)CC12CN(C(=O)[C@H]1CC1(C)C)C2)C(=O)N1CCCCC1.[HH]. The van der Waals surface area contributed by atoms with Crippen molar-refractivity contribution in [2.75, 3.05) is 39.3 Å². The maximum atomic E-state index is 13.7. The van der Waals surface area contributed by atoms with E-state index in [1.54, 1.807) is 16.6 Å². The topological polar surface area (TPSA) is 123 Å². The molecule has 4 atom stereocenters. The lowest BCUT2D eigenvalue weighted by atomic mass is 9.70. The molecule has 45 heavy (non-hydrogen) atoms. The quantitative estimate of drug-likeness (QED) is 0.459. The fourth-order valence-corrected chi connectivity index (χ4v) is 8.41. The summed E-state index contributed by atoms with van der Waals surface area (Å²) in [6.07, 6.45) is 12.6. The zero-order valence-corrected chi connectivity index (χ0v) is 28.4. The minimum atomic E-state index is -0.566. The molecule has 10 nitrogen and oxygen atoms in total. The van der Waals surface area contributed by atoms with Gasteiger partial charge in [-0.15, -0.1) is 11.3 Å². The van der Waals surface area contributed by atoms with Gasteiger partial charge in [0.15, 0.2) is 0 Å². The van der Waals surface area contributed by atoms with Gasteiger partial charge in [0, 0.05) is 52.0 Å². The average Bonchev–Trinajstić information content (AvgIpc) is 3.40. The minimum Gasteiger partial charge on any atom is -0.393 e. The molecule has 1 aromatic rings. The summed E-state index contributed by atoms with van der Waals surface area (Å²) in [5, 5.41) is 12.2.